The molecule has 0 spiro atoms. The SMILES string of the molecule is CN1C(=O)CC(NCC(C)(C)N(C)C)C1=O. The molecule has 0 saturated carbocycles. The fourth-order valence-corrected chi connectivity index (χ4v) is 1.45. The van der Waals surface area contributed by atoms with E-state index in [0.717, 1.165) is 0 Å². The lowest BCUT2D eigenvalue weighted by atomic mass is 10.0. The van der Waals surface area contributed by atoms with Gasteiger partial charge in [-0.15, -0.1) is 0 Å². The van der Waals surface area contributed by atoms with Gasteiger partial charge in [-0.3, -0.25) is 14.5 Å². The number of hydrogen-bond donors (Lipinski definition) is 1. The third-order valence-corrected chi connectivity index (χ3v) is 3.37. The summed E-state index contributed by atoms with van der Waals surface area (Å²) in [6.45, 7) is 4.85. The maximum absolute atomic E-state index is 11.6. The van der Waals surface area contributed by atoms with Crippen molar-refractivity contribution in [1.82, 2.24) is 15.1 Å². The first kappa shape index (κ1) is 13.1. The zero-order valence-electron chi connectivity index (χ0n) is 10.7. The number of nitrogens with zero attached hydrogens (tertiary/aromatic N) is 2. The monoisotopic (exact) mass is 227 g/mol. The molecule has 2 amide bonds. The van der Waals surface area contributed by atoms with E-state index in [9.17, 15) is 9.59 Å². The van der Waals surface area contributed by atoms with E-state index in [1.165, 1.54) is 11.9 Å². The van der Waals surface area contributed by atoms with Gasteiger partial charge in [0.1, 0.15) is 0 Å². The summed E-state index contributed by atoms with van der Waals surface area (Å²) in [7, 11) is 5.52. The predicted octanol–water partition coefficient (Wildman–Crippen LogP) is -0.326. The molecule has 1 N–H and O–H groups in total. The Morgan fingerprint density at radius 3 is 2.38 bits per heavy atom. The quantitative estimate of drug-likeness (QED) is 0.668. The molecule has 1 aliphatic rings. The average molecular weight is 227 g/mol. The van der Waals surface area contributed by atoms with E-state index in [1.807, 2.05) is 14.1 Å². The van der Waals surface area contributed by atoms with Crippen molar-refractivity contribution in [2.45, 2.75) is 31.8 Å². The number of rotatable bonds is 4. The molecule has 1 rings (SSSR count). The first-order chi connectivity index (χ1) is 7.25. The first-order valence-corrected chi connectivity index (χ1v) is 5.47. The second kappa shape index (κ2) is 4.51. The summed E-state index contributed by atoms with van der Waals surface area (Å²) in [6, 6.07) is -0.350. The lowest BCUT2D eigenvalue weighted by Gasteiger charge is -2.33. The summed E-state index contributed by atoms with van der Waals surface area (Å²) in [5.41, 5.74) is -0.0372. The highest BCUT2D eigenvalue weighted by molar-refractivity contribution is 6.05. The molecule has 5 nitrogen and oxygen atoms in total. The molecule has 1 atom stereocenters. The third kappa shape index (κ3) is 2.59. The molecule has 0 aromatic carbocycles. The van der Waals surface area contributed by atoms with Crippen LogP contribution in [0, 0.1) is 0 Å². The third-order valence-electron chi connectivity index (χ3n) is 3.37. The molecule has 0 aromatic heterocycles. The molecular weight excluding hydrogens is 206 g/mol. The Balaban J connectivity index is 2.52. The molecule has 1 saturated heterocycles. The number of nitrogens with one attached hydrogen (secondary N) is 1. The van der Waals surface area contributed by atoms with Gasteiger partial charge in [0.2, 0.25) is 11.8 Å². The Hall–Kier alpha value is -0.940. The molecule has 0 radical (unpaired) electrons. The van der Waals surface area contributed by atoms with Gasteiger partial charge in [0, 0.05) is 19.1 Å². The van der Waals surface area contributed by atoms with Crippen molar-refractivity contribution < 1.29 is 9.59 Å². The van der Waals surface area contributed by atoms with Gasteiger partial charge >= 0.3 is 0 Å². The molecular formula is C11H21N3O2. The van der Waals surface area contributed by atoms with Crippen LogP contribution in [0.5, 0.6) is 0 Å². The smallest absolute Gasteiger partial charge is 0.246 e. The van der Waals surface area contributed by atoms with Crippen LogP contribution < -0.4 is 5.32 Å². The minimum atomic E-state index is -0.350. The molecule has 1 fully saturated rings. The average Bonchev–Trinajstić information content (AvgIpc) is 2.43. The van der Waals surface area contributed by atoms with Crippen LogP contribution in [0.15, 0.2) is 0 Å². The number of carbonyl (C=O) groups excluding carboxylic acids is 2. The zero-order valence-corrected chi connectivity index (χ0v) is 10.7. The zero-order chi connectivity index (χ0) is 12.5. The summed E-state index contributed by atoms with van der Waals surface area (Å²) in [5, 5.41) is 3.16. The van der Waals surface area contributed by atoms with E-state index in [-0.39, 0.29) is 29.8 Å². The van der Waals surface area contributed by atoms with E-state index in [2.05, 4.69) is 24.1 Å². The molecule has 1 unspecified atom stereocenters. The highest BCUT2D eigenvalue weighted by Gasteiger charge is 2.36. The van der Waals surface area contributed by atoms with Crippen molar-refractivity contribution in [3.63, 3.8) is 0 Å². The van der Waals surface area contributed by atoms with Gasteiger partial charge in [0.25, 0.3) is 0 Å². The summed E-state index contributed by atoms with van der Waals surface area (Å²) >= 11 is 0. The lowest BCUT2D eigenvalue weighted by Crippen LogP contribution is -2.50. The highest BCUT2D eigenvalue weighted by Crippen LogP contribution is 2.13. The van der Waals surface area contributed by atoms with Gasteiger partial charge < -0.3 is 10.2 Å². The summed E-state index contributed by atoms with van der Waals surface area (Å²) < 4.78 is 0. The first-order valence-electron chi connectivity index (χ1n) is 5.47. The van der Waals surface area contributed by atoms with Crippen molar-refractivity contribution in [3.8, 4) is 0 Å². The van der Waals surface area contributed by atoms with Gasteiger partial charge in [0.15, 0.2) is 0 Å². The van der Waals surface area contributed by atoms with Gasteiger partial charge in [-0.1, -0.05) is 0 Å². The summed E-state index contributed by atoms with van der Waals surface area (Å²) in [5.74, 6) is -0.232. The van der Waals surface area contributed by atoms with E-state index < -0.39 is 0 Å². The van der Waals surface area contributed by atoms with E-state index in [0.29, 0.717) is 6.54 Å². The number of likely N-dealkylation sites (N-methyl/N-ethyl adjacent to an activating group) is 2. The van der Waals surface area contributed by atoms with Crippen molar-refractivity contribution in [1.29, 1.82) is 0 Å². The molecule has 0 aromatic rings. The molecule has 5 heteroatoms. The van der Waals surface area contributed by atoms with Gasteiger partial charge in [-0.25, -0.2) is 0 Å². The van der Waals surface area contributed by atoms with Crippen LogP contribution in [-0.4, -0.2) is 60.9 Å². The van der Waals surface area contributed by atoms with E-state index in [4.69, 9.17) is 0 Å². The molecule has 0 aliphatic carbocycles. The van der Waals surface area contributed by atoms with Crippen molar-refractivity contribution in [2.24, 2.45) is 0 Å². The Kier molecular flexibility index (Phi) is 3.70. The van der Waals surface area contributed by atoms with Gasteiger partial charge in [0.05, 0.1) is 12.5 Å². The topological polar surface area (TPSA) is 52.7 Å². The van der Waals surface area contributed by atoms with Crippen molar-refractivity contribution in [2.75, 3.05) is 27.7 Å². The Labute approximate surface area is 96.8 Å². The minimum Gasteiger partial charge on any atom is -0.304 e. The number of hydrogen-bond acceptors (Lipinski definition) is 4. The van der Waals surface area contributed by atoms with Crippen LogP contribution in [-0.2, 0) is 9.59 Å². The Morgan fingerprint density at radius 1 is 1.44 bits per heavy atom. The van der Waals surface area contributed by atoms with Crippen LogP contribution in [0.2, 0.25) is 0 Å². The number of carbonyl (C=O) groups is 2. The molecule has 0 bridgehead atoms. The van der Waals surface area contributed by atoms with Crippen LogP contribution in [0.3, 0.4) is 0 Å². The highest BCUT2D eigenvalue weighted by atomic mass is 16.2. The number of imide groups is 1. The van der Waals surface area contributed by atoms with Gasteiger partial charge in [-0.2, -0.15) is 0 Å². The second-order valence-corrected chi connectivity index (χ2v) is 5.14. The van der Waals surface area contributed by atoms with E-state index in [1.54, 1.807) is 0 Å². The maximum atomic E-state index is 11.6. The summed E-state index contributed by atoms with van der Waals surface area (Å²) in [6.07, 6.45) is 0.277. The fraction of sp³-hybridized carbons (Fsp3) is 0.818. The number of likely N-dealkylation sites (tertiary alicyclic amines) is 1. The lowest BCUT2D eigenvalue weighted by molar-refractivity contribution is -0.137. The minimum absolute atomic E-state index is 0.0372. The largest absolute Gasteiger partial charge is 0.304 e. The predicted molar refractivity (Wildman–Crippen MR) is 62.0 cm³/mol. The van der Waals surface area contributed by atoms with Crippen LogP contribution in [0.1, 0.15) is 20.3 Å². The Morgan fingerprint density at radius 2 is 2.00 bits per heavy atom. The molecule has 92 valence electrons. The van der Waals surface area contributed by atoms with Crippen LogP contribution in [0.4, 0.5) is 0 Å². The van der Waals surface area contributed by atoms with Crippen molar-refractivity contribution >= 4 is 11.8 Å². The molecule has 1 aliphatic heterocycles. The van der Waals surface area contributed by atoms with Gasteiger partial charge in [-0.05, 0) is 27.9 Å². The second-order valence-electron chi connectivity index (χ2n) is 5.14. The normalized spacial score (nSPS) is 22.4. The summed E-state index contributed by atoms with van der Waals surface area (Å²) in [4.78, 5) is 26.2. The van der Waals surface area contributed by atoms with Crippen LogP contribution >= 0.6 is 0 Å². The Bertz CT molecular complexity index is 300. The molecule has 16 heavy (non-hydrogen) atoms. The maximum Gasteiger partial charge on any atom is 0.246 e. The van der Waals surface area contributed by atoms with Crippen LogP contribution in [0.25, 0.3) is 0 Å². The molecule has 1 heterocycles. The van der Waals surface area contributed by atoms with E-state index >= 15 is 0 Å². The number of amides is 2. The fourth-order valence-electron chi connectivity index (χ4n) is 1.45. The van der Waals surface area contributed by atoms with Crippen molar-refractivity contribution in [3.05, 3.63) is 0 Å². The standard InChI is InChI=1S/C11H21N3O2/c1-11(2,13(3)4)7-12-8-6-9(15)14(5)10(8)16/h8,12H,6-7H2,1-5H3.